The summed E-state index contributed by atoms with van der Waals surface area (Å²) >= 11 is 7.58. The molecule has 18 heavy (non-hydrogen) atoms. The number of ether oxygens (including phenoxy) is 1. The van der Waals surface area contributed by atoms with Crippen LogP contribution in [0.2, 0.25) is 0 Å². The Morgan fingerprint density at radius 1 is 1.39 bits per heavy atom. The second-order valence-corrected chi connectivity index (χ2v) is 5.36. The van der Waals surface area contributed by atoms with E-state index in [0.717, 1.165) is 24.1 Å². The number of nitrogens with zero attached hydrogens (tertiary/aromatic N) is 1. The lowest BCUT2D eigenvalue weighted by Gasteiger charge is -2.08. The van der Waals surface area contributed by atoms with Gasteiger partial charge in [-0.05, 0) is 29.5 Å². The standard InChI is InChI=1S/C14H16ClNOS/c1-2-4-12-7-11(9-15)8-14(16-12)17-10-13-5-3-6-18-13/h3,5-8H,2,4,9-10H2,1H3. The number of rotatable bonds is 6. The number of aryl methyl sites for hydroxylation is 1. The maximum Gasteiger partial charge on any atom is 0.214 e. The number of hydrogen-bond donors (Lipinski definition) is 0. The zero-order valence-electron chi connectivity index (χ0n) is 10.4. The monoisotopic (exact) mass is 281 g/mol. The van der Waals surface area contributed by atoms with Crippen molar-refractivity contribution in [2.45, 2.75) is 32.3 Å². The van der Waals surface area contributed by atoms with Crippen LogP contribution in [-0.2, 0) is 18.9 Å². The van der Waals surface area contributed by atoms with Gasteiger partial charge in [-0.2, -0.15) is 0 Å². The average Bonchev–Trinajstić information content (AvgIpc) is 2.89. The van der Waals surface area contributed by atoms with Gasteiger partial charge in [0.05, 0.1) is 0 Å². The van der Waals surface area contributed by atoms with E-state index < -0.39 is 0 Å². The third kappa shape index (κ3) is 3.72. The summed E-state index contributed by atoms with van der Waals surface area (Å²) in [6.45, 7) is 2.71. The third-order valence-electron chi connectivity index (χ3n) is 2.52. The van der Waals surface area contributed by atoms with Crippen LogP contribution in [0, 0.1) is 0 Å². The molecule has 2 heterocycles. The Bertz CT molecular complexity index is 485. The summed E-state index contributed by atoms with van der Waals surface area (Å²) in [5, 5.41) is 2.05. The molecule has 0 aliphatic rings. The number of alkyl halides is 1. The summed E-state index contributed by atoms with van der Waals surface area (Å²) in [6, 6.07) is 8.05. The number of hydrogen-bond acceptors (Lipinski definition) is 3. The molecule has 0 amide bonds. The molecular weight excluding hydrogens is 266 g/mol. The second-order valence-electron chi connectivity index (χ2n) is 4.06. The normalized spacial score (nSPS) is 10.6. The van der Waals surface area contributed by atoms with E-state index >= 15 is 0 Å². The summed E-state index contributed by atoms with van der Waals surface area (Å²) in [7, 11) is 0. The van der Waals surface area contributed by atoms with Crippen LogP contribution in [0.1, 0.15) is 29.5 Å². The van der Waals surface area contributed by atoms with Gasteiger partial charge in [0, 0.05) is 22.5 Å². The Labute approximate surface area is 117 Å². The molecule has 0 aliphatic carbocycles. The van der Waals surface area contributed by atoms with E-state index in [4.69, 9.17) is 16.3 Å². The Hall–Kier alpha value is -1.06. The minimum Gasteiger partial charge on any atom is -0.472 e. The fourth-order valence-electron chi connectivity index (χ4n) is 1.70. The first-order chi connectivity index (χ1) is 8.81. The molecule has 0 saturated carbocycles. The highest BCUT2D eigenvalue weighted by molar-refractivity contribution is 7.09. The van der Waals surface area contributed by atoms with Gasteiger partial charge in [-0.25, -0.2) is 4.98 Å². The Balaban J connectivity index is 2.08. The summed E-state index contributed by atoms with van der Waals surface area (Å²) in [5.41, 5.74) is 2.12. The zero-order chi connectivity index (χ0) is 12.8. The number of aromatic nitrogens is 1. The predicted molar refractivity (Wildman–Crippen MR) is 76.4 cm³/mol. The fourth-order valence-corrected chi connectivity index (χ4v) is 2.47. The van der Waals surface area contributed by atoms with Crippen molar-refractivity contribution in [2.75, 3.05) is 0 Å². The number of pyridine rings is 1. The van der Waals surface area contributed by atoms with Crippen molar-refractivity contribution < 1.29 is 4.74 Å². The number of halogens is 1. The lowest BCUT2D eigenvalue weighted by Crippen LogP contribution is -1.99. The summed E-state index contributed by atoms with van der Waals surface area (Å²) < 4.78 is 5.72. The minimum absolute atomic E-state index is 0.495. The van der Waals surface area contributed by atoms with Crippen molar-refractivity contribution in [3.8, 4) is 5.88 Å². The van der Waals surface area contributed by atoms with E-state index in [-0.39, 0.29) is 0 Å². The van der Waals surface area contributed by atoms with Gasteiger partial charge in [0.1, 0.15) is 6.61 Å². The molecule has 2 nitrogen and oxygen atoms in total. The Morgan fingerprint density at radius 2 is 2.28 bits per heavy atom. The van der Waals surface area contributed by atoms with Gasteiger partial charge >= 0.3 is 0 Å². The van der Waals surface area contributed by atoms with Crippen molar-refractivity contribution in [2.24, 2.45) is 0 Å². The van der Waals surface area contributed by atoms with Gasteiger partial charge < -0.3 is 4.74 Å². The van der Waals surface area contributed by atoms with Gasteiger partial charge in [-0.15, -0.1) is 22.9 Å². The predicted octanol–water partition coefficient (Wildman–Crippen LogP) is 4.41. The van der Waals surface area contributed by atoms with Crippen molar-refractivity contribution in [3.05, 3.63) is 45.8 Å². The van der Waals surface area contributed by atoms with Crippen LogP contribution in [0.15, 0.2) is 29.6 Å². The van der Waals surface area contributed by atoms with Crippen molar-refractivity contribution >= 4 is 22.9 Å². The van der Waals surface area contributed by atoms with Crippen molar-refractivity contribution in [3.63, 3.8) is 0 Å². The quantitative estimate of drug-likeness (QED) is 0.732. The van der Waals surface area contributed by atoms with Crippen molar-refractivity contribution in [1.29, 1.82) is 0 Å². The van der Waals surface area contributed by atoms with Crippen LogP contribution < -0.4 is 4.74 Å². The first-order valence-electron chi connectivity index (χ1n) is 6.02. The molecule has 0 N–H and O–H groups in total. The maximum atomic E-state index is 5.89. The van der Waals surface area contributed by atoms with Gasteiger partial charge in [0.15, 0.2) is 0 Å². The second kappa shape index (κ2) is 6.76. The molecule has 0 bridgehead atoms. The lowest BCUT2D eigenvalue weighted by molar-refractivity contribution is 0.296. The molecule has 0 atom stereocenters. The molecule has 2 rings (SSSR count). The van der Waals surface area contributed by atoms with Gasteiger partial charge in [0.2, 0.25) is 5.88 Å². The molecule has 2 aromatic rings. The third-order valence-corrected chi connectivity index (χ3v) is 3.68. The average molecular weight is 282 g/mol. The number of thiophene rings is 1. The Morgan fingerprint density at radius 3 is 2.94 bits per heavy atom. The zero-order valence-corrected chi connectivity index (χ0v) is 11.9. The van der Waals surface area contributed by atoms with Crippen LogP contribution in [0.25, 0.3) is 0 Å². The lowest BCUT2D eigenvalue weighted by atomic mass is 10.2. The van der Waals surface area contributed by atoms with E-state index in [1.807, 2.05) is 17.5 Å². The molecule has 0 radical (unpaired) electrons. The summed E-state index contributed by atoms with van der Waals surface area (Å²) in [6.07, 6.45) is 2.03. The van der Waals surface area contributed by atoms with Crippen LogP contribution in [0.5, 0.6) is 5.88 Å². The molecule has 0 saturated heterocycles. The highest BCUT2D eigenvalue weighted by atomic mass is 35.5. The van der Waals surface area contributed by atoms with Gasteiger partial charge in [-0.3, -0.25) is 0 Å². The maximum absolute atomic E-state index is 5.89. The van der Waals surface area contributed by atoms with Crippen molar-refractivity contribution in [1.82, 2.24) is 4.98 Å². The van der Waals surface area contributed by atoms with Crippen LogP contribution >= 0.6 is 22.9 Å². The van der Waals surface area contributed by atoms with E-state index in [1.54, 1.807) is 11.3 Å². The molecular formula is C14H16ClNOS. The Kier molecular flexibility index (Phi) is 5.02. The topological polar surface area (TPSA) is 22.1 Å². The molecule has 2 aromatic heterocycles. The van der Waals surface area contributed by atoms with Crippen LogP contribution in [0.4, 0.5) is 0 Å². The summed E-state index contributed by atoms with van der Waals surface area (Å²) in [5.74, 6) is 1.17. The molecule has 0 aliphatic heterocycles. The highest BCUT2D eigenvalue weighted by Gasteiger charge is 2.04. The van der Waals surface area contributed by atoms with E-state index in [1.165, 1.54) is 4.88 Å². The van der Waals surface area contributed by atoms with E-state index in [0.29, 0.717) is 18.4 Å². The molecule has 96 valence electrons. The molecule has 0 aromatic carbocycles. The SMILES string of the molecule is CCCc1cc(CCl)cc(OCc2cccs2)n1. The summed E-state index contributed by atoms with van der Waals surface area (Å²) in [4.78, 5) is 5.69. The smallest absolute Gasteiger partial charge is 0.214 e. The van der Waals surface area contributed by atoms with E-state index in [2.05, 4.69) is 24.0 Å². The molecule has 0 spiro atoms. The molecule has 0 fully saturated rings. The first kappa shape index (κ1) is 13.4. The van der Waals surface area contributed by atoms with Crippen LogP contribution in [-0.4, -0.2) is 4.98 Å². The minimum atomic E-state index is 0.495. The van der Waals surface area contributed by atoms with Crippen LogP contribution in [0.3, 0.4) is 0 Å². The highest BCUT2D eigenvalue weighted by Crippen LogP contribution is 2.18. The molecule has 4 heteroatoms. The van der Waals surface area contributed by atoms with Gasteiger partial charge in [0.25, 0.3) is 0 Å². The van der Waals surface area contributed by atoms with Gasteiger partial charge in [-0.1, -0.05) is 19.4 Å². The fraction of sp³-hybridized carbons (Fsp3) is 0.357. The first-order valence-corrected chi connectivity index (χ1v) is 7.44. The molecule has 0 unspecified atom stereocenters. The van der Waals surface area contributed by atoms with E-state index in [9.17, 15) is 0 Å². The largest absolute Gasteiger partial charge is 0.472 e.